The van der Waals surface area contributed by atoms with Crippen molar-refractivity contribution < 1.29 is 9.53 Å². The summed E-state index contributed by atoms with van der Waals surface area (Å²) in [6, 6.07) is 0.356. The number of nitrogens with one attached hydrogen (secondary N) is 1. The van der Waals surface area contributed by atoms with Gasteiger partial charge in [-0.15, -0.1) is 11.8 Å². The average molecular weight is 288 g/mol. The third-order valence-corrected chi connectivity index (χ3v) is 4.41. The summed E-state index contributed by atoms with van der Waals surface area (Å²) in [4.78, 5) is 11.6. The molecule has 19 heavy (non-hydrogen) atoms. The van der Waals surface area contributed by atoms with Crippen molar-refractivity contribution in [2.24, 2.45) is 5.73 Å². The number of nitrogens with two attached hydrogens (primary N) is 1. The highest BCUT2D eigenvalue weighted by Gasteiger charge is 2.18. The van der Waals surface area contributed by atoms with E-state index in [1.807, 2.05) is 0 Å². The summed E-state index contributed by atoms with van der Waals surface area (Å²) in [6.07, 6.45) is 4.54. The molecular weight excluding hydrogens is 260 g/mol. The van der Waals surface area contributed by atoms with Crippen LogP contribution in [0.1, 0.15) is 46.5 Å². The van der Waals surface area contributed by atoms with Crippen molar-refractivity contribution in [3.63, 3.8) is 0 Å². The molecule has 1 amide bonds. The largest absolute Gasteiger partial charge is 0.376 e. The third kappa shape index (κ3) is 8.50. The Morgan fingerprint density at radius 2 is 1.95 bits per heavy atom. The second kappa shape index (κ2) is 8.12. The Bertz CT molecular complexity index is 271. The highest BCUT2D eigenvalue weighted by molar-refractivity contribution is 8.01. The Labute approximate surface area is 121 Å². The zero-order valence-corrected chi connectivity index (χ0v) is 13.2. The van der Waals surface area contributed by atoms with Crippen LogP contribution in [0.15, 0.2) is 0 Å². The van der Waals surface area contributed by atoms with Crippen LogP contribution in [-0.4, -0.2) is 41.7 Å². The fourth-order valence-electron chi connectivity index (χ4n) is 2.00. The molecule has 5 heteroatoms. The van der Waals surface area contributed by atoms with Gasteiger partial charge in [0.1, 0.15) is 0 Å². The van der Waals surface area contributed by atoms with Gasteiger partial charge in [-0.3, -0.25) is 4.79 Å². The van der Waals surface area contributed by atoms with E-state index in [9.17, 15) is 4.79 Å². The van der Waals surface area contributed by atoms with Crippen LogP contribution in [0.5, 0.6) is 0 Å². The number of hydrogen-bond acceptors (Lipinski definition) is 4. The Hall–Kier alpha value is -0.260. The van der Waals surface area contributed by atoms with Crippen LogP contribution < -0.4 is 11.1 Å². The molecule has 0 aromatic rings. The van der Waals surface area contributed by atoms with E-state index in [2.05, 4.69) is 26.1 Å². The van der Waals surface area contributed by atoms with Gasteiger partial charge in [-0.2, -0.15) is 0 Å². The van der Waals surface area contributed by atoms with Gasteiger partial charge in [0, 0.05) is 17.3 Å². The van der Waals surface area contributed by atoms with E-state index in [-0.39, 0.29) is 10.7 Å². The maximum atomic E-state index is 11.6. The second-order valence-electron chi connectivity index (χ2n) is 6.16. The minimum atomic E-state index is 0.0918. The molecule has 0 spiro atoms. The molecule has 4 nitrogen and oxygen atoms in total. The predicted octanol–water partition coefficient (Wildman–Crippen LogP) is 1.92. The number of ether oxygens (including phenoxy) is 1. The zero-order valence-electron chi connectivity index (χ0n) is 12.4. The second-order valence-corrected chi connectivity index (χ2v) is 7.96. The molecule has 1 aliphatic carbocycles. The smallest absolute Gasteiger partial charge is 0.230 e. The summed E-state index contributed by atoms with van der Waals surface area (Å²) in [7, 11) is 0. The topological polar surface area (TPSA) is 64.3 Å². The van der Waals surface area contributed by atoms with Gasteiger partial charge in [0.2, 0.25) is 5.91 Å². The SMILES string of the molecule is CC(C)(C)SCC(=O)NCCOC1CCC(N)CC1. The average Bonchev–Trinajstić information content (AvgIpc) is 2.33. The van der Waals surface area contributed by atoms with Crippen LogP contribution in [-0.2, 0) is 9.53 Å². The third-order valence-electron chi connectivity index (χ3n) is 3.13. The van der Waals surface area contributed by atoms with Crippen LogP contribution in [0.3, 0.4) is 0 Å². The van der Waals surface area contributed by atoms with Gasteiger partial charge in [0.25, 0.3) is 0 Å². The van der Waals surface area contributed by atoms with Crippen LogP contribution in [0.4, 0.5) is 0 Å². The number of thioether (sulfide) groups is 1. The molecule has 1 aliphatic rings. The molecule has 3 N–H and O–H groups in total. The summed E-state index contributed by atoms with van der Waals surface area (Å²) in [5.74, 6) is 0.608. The van der Waals surface area contributed by atoms with E-state index in [1.165, 1.54) is 0 Å². The molecule has 0 atom stereocenters. The number of carbonyl (C=O) groups is 1. The lowest BCUT2D eigenvalue weighted by molar-refractivity contribution is -0.118. The summed E-state index contributed by atoms with van der Waals surface area (Å²) in [5, 5.41) is 2.89. The summed E-state index contributed by atoms with van der Waals surface area (Å²) in [5.41, 5.74) is 5.85. The van der Waals surface area contributed by atoms with Crippen molar-refractivity contribution in [1.29, 1.82) is 0 Å². The molecule has 1 fully saturated rings. The molecule has 112 valence electrons. The number of amides is 1. The van der Waals surface area contributed by atoms with Crippen molar-refractivity contribution in [1.82, 2.24) is 5.32 Å². The van der Waals surface area contributed by atoms with Gasteiger partial charge in [-0.25, -0.2) is 0 Å². The first-order valence-corrected chi connectivity index (χ1v) is 8.13. The van der Waals surface area contributed by atoms with Gasteiger partial charge < -0.3 is 15.8 Å². The Kier molecular flexibility index (Phi) is 7.18. The minimum absolute atomic E-state index is 0.0918. The monoisotopic (exact) mass is 288 g/mol. The van der Waals surface area contributed by atoms with Gasteiger partial charge in [0.05, 0.1) is 18.5 Å². The van der Waals surface area contributed by atoms with Crippen LogP contribution in [0.2, 0.25) is 0 Å². The van der Waals surface area contributed by atoms with Crippen molar-refractivity contribution in [3.05, 3.63) is 0 Å². The molecule has 0 heterocycles. The van der Waals surface area contributed by atoms with Crippen molar-refractivity contribution in [3.8, 4) is 0 Å². The van der Waals surface area contributed by atoms with Crippen LogP contribution in [0.25, 0.3) is 0 Å². The molecule has 0 aliphatic heterocycles. The summed E-state index contributed by atoms with van der Waals surface area (Å²) >= 11 is 1.66. The highest BCUT2D eigenvalue weighted by Crippen LogP contribution is 2.22. The minimum Gasteiger partial charge on any atom is -0.376 e. The first-order valence-electron chi connectivity index (χ1n) is 7.14. The van der Waals surface area contributed by atoms with Crippen LogP contribution >= 0.6 is 11.8 Å². The van der Waals surface area contributed by atoms with Gasteiger partial charge >= 0.3 is 0 Å². The summed E-state index contributed by atoms with van der Waals surface area (Å²) in [6.45, 7) is 7.55. The summed E-state index contributed by atoms with van der Waals surface area (Å²) < 4.78 is 5.88. The van der Waals surface area contributed by atoms with Crippen molar-refractivity contribution in [2.45, 2.75) is 63.3 Å². The Balaban J connectivity index is 2.00. The van der Waals surface area contributed by atoms with Crippen LogP contribution in [0, 0.1) is 0 Å². The van der Waals surface area contributed by atoms with E-state index >= 15 is 0 Å². The molecular formula is C14H28N2O2S. The molecule has 0 saturated heterocycles. The quantitative estimate of drug-likeness (QED) is 0.733. The molecule has 1 saturated carbocycles. The standard InChI is InChI=1S/C14H28N2O2S/c1-14(2,3)19-10-13(17)16-8-9-18-12-6-4-11(15)5-7-12/h11-12H,4-10,15H2,1-3H3,(H,16,17). The lowest BCUT2D eigenvalue weighted by Crippen LogP contribution is -2.33. The predicted molar refractivity (Wildman–Crippen MR) is 81.4 cm³/mol. The van der Waals surface area contributed by atoms with Gasteiger partial charge in [-0.1, -0.05) is 20.8 Å². The van der Waals surface area contributed by atoms with E-state index < -0.39 is 0 Å². The van der Waals surface area contributed by atoms with Gasteiger partial charge in [0.15, 0.2) is 0 Å². The van der Waals surface area contributed by atoms with E-state index in [0.717, 1.165) is 25.7 Å². The molecule has 0 aromatic heterocycles. The zero-order chi connectivity index (χ0) is 14.3. The molecule has 0 unspecified atom stereocenters. The highest BCUT2D eigenvalue weighted by atomic mass is 32.2. The molecule has 0 aromatic carbocycles. The number of rotatable bonds is 6. The number of carbonyl (C=O) groups excluding carboxylic acids is 1. The Morgan fingerprint density at radius 1 is 1.32 bits per heavy atom. The van der Waals surface area contributed by atoms with Crippen molar-refractivity contribution >= 4 is 17.7 Å². The van der Waals surface area contributed by atoms with E-state index in [0.29, 0.717) is 31.1 Å². The van der Waals surface area contributed by atoms with E-state index in [1.54, 1.807) is 11.8 Å². The van der Waals surface area contributed by atoms with E-state index in [4.69, 9.17) is 10.5 Å². The Morgan fingerprint density at radius 3 is 2.53 bits per heavy atom. The fraction of sp³-hybridized carbons (Fsp3) is 0.929. The molecule has 0 bridgehead atoms. The maximum absolute atomic E-state index is 11.6. The normalized spacial score (nSPS) is 24.2. The molecule has 0 radical (unpaired) electrons. The van der Waals surface area contributed by atoms with Crippen molar-refractivity contribution in [2.75, 3.05) is 18.9 Å². The maximum Gasteiger partial charge on any atom is 0.230 e. The first-order chi connectivity index (χ1) is 8.87. The van der Waals surface area contributed by atoms with Gasteiger partial charge in [-0.05, 0) is 25.7 Å². The fourth-order valence-corrected chi connectivity index (χ4v) is 2.67. The lowest BCUT2D eigenvalue weighted by atomic mass is 9.94. The lowest BCUT2D eigenvalue weighted by Gasteiger charge is -2.26. The first kappa shape index (κ1) is 16.8. The molecule has 1 rings (SSSR count). The number of hydrogen-bond donors (Lipinski definition) is 2.